The van der Waals surface area contributed by atoms with Crippen LogP contribution >= 0.6 is 11.6 Å². The van der Waals surface area contributed by atoms with Crippen molar-refractivity contribution in [3.8, 4) is 11.6 Å². The molecule has 0 aliphatic heterocycles. The van der Waals surface area contributed by atoms with E-state index < -0.39 is 16.4 Å². The van der Waals surface area contributed by atoms with Crippen LogP contribution in [0.25, 0.3) is 0 Å². The highest BCUT2D eigenvalue weighted by molar-refractivity contribution is 6.32. The van der Waals surface area contributed by atoms with Gasteiger partial charge in [-0.15, -0.1) is 0 Å². The molecule has 2 N–H and O–H groups in total. The first kappa shape index (κ1) is 13.0. The van der Waals surface area contributed by atoms with Crippen molar-refractivity contribution in [3.05, 3.63) is 45.6 Å². The van der Waals surface area contributed by atoms with Crippen LogP contribution in [0.2, 0.25) is 5.15 Å². The predicted octanol–water partition coefficient (Wildman–Crippen LogP) is 2.55. The van der Waals surface area contributed by atoms with E-state index in [0.717, 1.165) is 24.5 Å². The summed E-state index contributed by atoms with van der Waals surface area (Å²) < 4.78 is 18.1. The number of nitrogen functional groups attached to an aromatic ring is 1. The number of halogens is 2. The summed E-state index contributed by atoms with van der Waals surface area (Å²) in [5.41, 5.74) is 4.95. The third kappa shape index (κ3) is 2.68. The molecular formula is C10H6ClFN4O3. The Bertz CT molecular complexity index is 653. The van der Waals surface area contributed by atoms with Gasteiger partial charge in [-0.3, -0.25) is 10.1 Å². The van der Waals surface area contributed by atoms with E-state index in [4.69, 9.17) is 22.1 Å². The molecule has 7 nitrogen and oxygen atoms in total. The fourth-order valence-electron chi connectivity index (χ4n) is 1.26. The maximum atomic E-state index is 13.0. The van der Waals surface area contributed by atoms with Gasteiger partial charge in [0.2, 0.25) is 11.6 Å². The largest absolute Gasteiger partial charge is 0.430 e. The highest BCUT2D eigenvalue weighted by atomic mass is 35.5. The minimum absolute atomic E-state index is 0.0465. The fraction of sp³-hybridized carbons (Fsp3) is 0. The number of nitrogens with two attached hydrogens (primary N) is 1. The van der Waals surface area contributed by atoms with Gasteiger partial charge in [-0.1, -0.05) is 11.6 Å². The molecule has 9 heteroatoms. The smallest absolute Gasteiger partial charge is 0.314 e. The molecule has 0 spiro atoms. The van der Waals surface area contributed by atoms with Gasteiger partial charge in [0.1, 0.15) is 17.8 Å². The van der Waals surface area contributed by atoms with Crippen molar-refractivity contribution in [1.29, 1.82) is 0 Å². The summed E-state index contributed by atoms with van der Waals surface area (Å²) in [7, 11) is 0. The first-order chi connectivity index (χ1) is 8.99. The molecule has 0 radical (unpaired) electrons. The number of nitrogens with zero attached hydrogens (tertiary/aromatic N) is 3. The number of nitro benzene ring substituents is 1. The lowest BCUT2D eigenvalue weighted by atomic mass is 10.3. The highest BCUT2D eigenvalue weighted by Crippen LogP contribution is 2.34. The SMILES string of the molecule is Nc1c(Cl)ncnc1Oc1ccc(F)cc1[N+](=O)[O-]. The summed E-state index contributed by atoms with van der Waals surface area (Å²) in [5, 5.41) is 10.7. The number of ether oxygens (including phenoxy) is 1. The van der Waals surface area contributed by atoms with Crippen LogP contribution < -0.4 is 10.5 Å². The van der Waals surface area contributed by atoms with Gasteiger partial charge in [-0.25, -0.2) is 9.37 Å². The van der Waals surface area contributed by atoms with Crippen LogP contribution in [0.5, 0.6) is 11.6 Å². The quantitative estimate of drug-likeness (QED) is 0.527. The van der Waals surface area contributed by atoms with E-state index in [0.29, 0.717) is 0 Å². The van der Waals surface area contributed by atoms with Crippen LogP contribution in [0.4, 0.5) is 15.8 Å². The number of nitro groups is 1. The van der Waals surface area contributed by atoms with Gasteiger partial charge < -0.3 is 10.5 Å². The van der Waals surface area contributed by atoms with Crippen LogP contribution in [-0.2, 0) is 0 Å². The van der Waals surface area contributed by atoms with E-state index in [-0.39, 0.29) is 22.5 Å². The molecule has 1 aromatic carbocycles. The summed E-state index contributed by atoms with van der Waals surface area (Å²) in [5.74, 6) is -1.10. The fourth-order valence-corrected chi connectivity index (χ4v) is 1.39. The monoisotopic (exact) mass is 284 g/mol. The van der Waals surface area contributed by atoms with Gasteiger partial charge >= 0.3 is 5.69 Å². The van der Waals surface area contributed by atoms with E-state index in [1.165, 1.54) is 0 Å². The second-order valence-corrected chi connectivity index (χ2v) is 3.71. The second-order valence-electron chi connectivity index (χ2n) is 3.35. The zero-order valence-corrected chi connectivity index (χ0v) is 9.96. The lowest BCUT2D eigenvalue weighted by Gasteiger charge is -2.07. The van der Waals surface area contributed by atoms with Crippen molar-refractivity contribution < 1.29 is 14.1 Å². The Morgan fingerprint density at radius 1 is 1.42 bits per heavy atom. The zero-order chi connectivity index (χ0) is 14.0. The Kier molecular flexibility index (Phi) is 3.43. The van der Waals surface area contributed by atoms with Crippen LogP contribution in [0, 0.1) is 15.9 Å². The molecule has 1 heterocycles. The molecule has 0 bridgehead atoms. The minimum atomic E-state index is -0.780. The number of hydrogen-bond donors (Lipinski definition) is 1. The zero-order valence-electron chi connectivity index (χ0n) is 9.21. The Hall–Kier alpha value is -2.48. The average Bonchev–Trinajstić information content (AvgIpc) is 2.36. The summed E-state index contributed by atoms with van der Waals surface area (Å²) in [6.45, 7) is 0. The Balaban J connectivity index is 2.44. The molecule has 0 fully saturated rings. The van der Waals surface area contributed by atoms with Crippen LogP contribution in [0.15, 0.2) is 24.5 Å². The average molecular weight is 285 g/mol. The molecule has 2 aromatic rings. The summed E-state index contributed by atoms with van der Waals surface area (Å²) >= 11 is 5.66. The van der Waals surface area contributed by atoms with E-state index >= 15 is 0 Å². The Morgan fingerprint density at radius 3 is 2.84 bits per heavy atom. The predicted molar refractivity (Wildman–Crippen MR) is 64.6 cm³/mol. The Labute approximate surface area is 111 Å². The van der Waals surface area contributed by atoms with Crippen molar-refractivity contribution >= 4 is 23.0 Å². The molecule has 0 saturated heterocycles. The molecule has 98 valence electrons. The number of hydrogen-bond acceptors (Lipinski definition) is 6. The number of aromatic nitrogens is 2. The molecule has 0 aliphatic rings. The first-order valence-electron chi connectivity index (χ1n) is 4.87. The topological polar surface area (TPSA) is 104 Å². The van der Waals surface area contributed by atoms with E-state index in [1.807, 2.05) is 0 Å². The minimum Gasteiger partial charge on any atom is -0.430 e. The maximum Gasteiger partial charge on any atom is 0.314 e. The van der Waals surface area contributed by atoms with Gasteiger partial charge in [0.25, 0.3) is 0 Å². The maximum absolute atomic E-state index is 13.0. The van der Waals surface area contributed by atoms with Gasteiger partial charge in [0.05, 0.1) is 11.0 Å². The third-order valence-electron chi connectivity index (χ3n) is 2.12. The van der Waals surface area contributed by atoms with Crippen LogP contribution in [-0.4, -0.2) is 14.9 Å². The van der Waals surface area contributed by atoms with Crippen molar-refractivity contribution in [2.45, 2.75) is 0 Å². The van der Waals surface area contributed by atoms with E-state index in [2.05, 4.69) is 9.97 Å². The molecule has 1 aromatic heterocycles. The van der Waals surface area contributed by atoms with Crippen molar-refractivity contribution in [3.63, 3.8) is 0 Å². The normalized spacial score (nSPS) is 10.2. The highest BCUT2D eigenvalue weighted by Gasteiger charge is 2.19. The number of rotatable bonds is 3. The summed E-state index contributed by atoms with van der Waals surface area (Å²) in [6, 6.07) is 2.85. The number of benzene rings is 1. The van der Waals surface area contributed by atoms with Gasteiger partial charge in [-0.05, 0) is 12.1 Å². The van der Waals surface area contributed by atoms with Gasteiger partial charge in [0.15, 0.2) is 5.15 Å². The van der Waals surface area contributed by atoms with Crippen molar-refractivity contribution in [1.82, 2.24) is 9.97 Å². The summed E-state index contributed by atoms with van der Waals surface area (Å²) in [4.78, 5) is 17.3. The first-order valence-corrected chi connectivity index (χ1v) is 5.24. The van der Waals surface area contributed by atoms with E-state index in [1.54, 1.807) is 0 Å². The summed E-state index contributed by atoms with van der Waals surface area (Å²) in [6.07, 6.45) is 1.09. The van der Waals surface area contributed by atoms with Crippen LogP contribution in [0.3, 0.4) is 0 Å². The molecular weight excluding hydrogens is 279 g/mol. The molecule has 0 amide bonds. The lowest BCUT2D eigenvalue weighted by Crippen LogP contribution is -2.00. The molecule has 0 unspecified atom stereocenters. The van der Waals surface area contributed by atoms with Gasteiger partial charge in [0, 0.05) is 0 Å². The van der Waals surface area contributed by atoms with E-state index in [9.17, 15) is 14.5 Å². The molecule has 0 atom stereocenters. The van der Waals surface area contributed by atoms with Crippen molar-refractivity contribution in [2.75, 3.05) is 5.73 Å². The molecule has 2 rings (SSSR count). The second kappa shape index (κ2) is 5.02. The molecule has 0 saturated carbocycles. The molecule has 19 heavy (non-hydrogen) atoms. The lowest BCUT2D eigenvalue weighted by molar-refractivity contribution is -0.385. The Morgan fingerprint density at radius 2 is 2.16 bits per heavy atom. The standard InChI is InChI=1S/C10H6ClFN4O3/c11-9-8(13)10(15-4-14-9)19-7-2-1-5(12)3-6(7)16(17)18/h1-4H,13H2. The molecule has 0 aliphatic carbocycles. The number of anilines is 1. The third-order valence-corrected chi connectivity index (χ3v) is 2.42. The van der Waals surface area contributed by atoms with Gasteiger partial charge in [-0.2, -0.15) is 4.98 Å². The van der Waals surface area contributed by atoms with Crippen molar-refractivity contribution in [2.24, 2.45) is 0 Å². The van der Waals surface area contributed by atoms with Crippen LogP contribution in [0.1, 0.15) is 0 Å².